The van der Waals surface area contributed by atoms with Crippen LogP contribution in [0.4, 0.5) is 17.2 Å². The molecule has 15 nitrogen and oxygen atoms in total. The molecule has 1 aliphatic heterocycles. The third-order valence-electron chi connectivity index (χ3n) is 8.34. The summed E-state index contributed by atoms with van der Waals surface area (Å²) >= 11 is 0. The van der Waals surface area contributed by atoms with Crippen molar-refractivity contribution in [3.63, 3.8) is 0 Å². The highest BCUT2D eigenvalue weighted by Gasteiger charge is 2.46. The number of methoxy groups -OCH3 is 3. The smallest absolute Gasteiger partial charge is 0.273 e. The molecule has 0 unspecified atom stereocenters. The first-order chi connectivity index (χ1) is 22.8. The molecule has 246 valence electrons. The van der Waals surface area contributed by atoms with E-state index < -0.39 is 12.2 Å². The molecule has 2 amide bonds. The van der Waals surface area contributed by atoms with Gasteiger partial charge < -0.3 is 30.2 Å². The highest BCUT2D eigenvalue weighted by atomic mass is 16.7. The first-order valence-electron chi connectivity index (χ1n) is 15.3. The van der Waals surface area contributed by atoms with Gasteiger partial charge in [-0.2, -0.15) is 0 Å². The maximum Gasteiger partial charge on any atom is 0.273 e. The topological polar surface area (TPSA) is 171 Å². The molecule has 4 heterocycles. The number of aryl methyl sites for hydroxylation is 1. The third-order valence-corrected chi connectivity index (χ3v) is 8.34. The van der Waals surface area contributed by atoms with Crippen LogP contribution in [-0.2, 0) is 20.8 Å². The Bertz CT molecular complexity index is 1760. The molecule has 0 spiro atoms. The molecule has 0 radical (unpaired) electrons. The van der Waals surface area contributed by atoms with E-state index in [2.05, 4.69) is 46.3 Å². The van der Waals surface area contributed by atoms with Crippen molar-refractivity contribution in [3.05, 3.63) is 65.7 Å². The first kappa shape index (κ1) is 32.0. The summed E-state index contributed by atoms with van der Waals surface area (Å²) in [5, 5.41) is 25.7. The van der Waals surface area contributed by atoms with Crippen molar-refractivity contribution >= 4 is 29.0 Å². The molecule has 2 fully saturated rings. The number of likely N-dealkylation sites (tertiary alicyclic amines) is 1. The predicted molar refractivity (Wildman–Crippen MR) is 172 cm³/mol. The van der Waals surface area contributed by atoms with Crippen molar-refractivity contribution in [2.75, 3.05) is 45.6 Å². The van der Waals surface area contributed by atoms with Gasteiger partial charge >= 0.3 is 0 Å². The summed E-state index contributed by atoms with van der Waals surface area (Å²) in [7, 11) is 6.32. The second-order valence-corrected chi connectivity index (χ2v) is 11.5. The van der Waals surface area contributed by atoms with Crippen molar-refractivity contribution in [2.45, 2.75) is 44.7 Å². The molecule has 47 heavy (non-hydrogen) atoms. The van der Waals surface area contributed by atoms with Crippen molar-refractivity contribution in [1.29, 1.82) is 0 Å². The van der Waals surface area contributed by atoms with Crippen molar-refractivity contribution in [1.82, 2.24) is 40.4 Å². The van der Waals surface area contributed by atoms with Gasteiger partial charge in [0.2, 0.25) is 5.91 Å². The van der Waals surface area contributed by atoms with E-state index in [9.17, 15) is 9.59 Å². The molecule has 1 saturated heterocycles. The summed E-state index contributed by atoms with van der Waals surface area (Å²) in [6.45, 7) is 3.31. The fourth-order valence-electron chi connectivity index (χ4n) is 5.78. The zero-order chi connectivity index (χ0) is 33.1. The van der Waals surface area contributed by atoms with Crippen LogP contribution in [0.3, 0.4) is 0 Å². The fraction of sp³-hybridized carbons (Fsp3) is 0.406. The monoisotopic (exact) mass is 642 g/mol. The molecular weight excluding hydrogens is 604 g/mol. The lowest BCUT2D eigenvalue weighted by molar-refractivity contribution is -0.193. The standard InChI is InChI=1S/C32H38N10O5/c1-18-8-6-9-20(34-18)15-41-17-25(28(41)32(46-4)47-5)42-16-24(37-40-42)21-10-7-11-22(29(21)45-3)35-23-14-26(36-30(43)19-12-13-19)38-39-27(23)31(44)33-2/h6-11,14,16,19,25,28,32H,12-13,15,17H2,1-5H3,(H,33,44)(H2,35,36,38,43)/t25-,28-/m1/s1. The second kappa shape index (κ2) is 13.8. The molecule has 2 aliphatic rings. The summed E-state index contributed by atoms with van der Waals surface area (Å²) in [4.78, 5) is 31.9. The number of aromatic nitrogens is 6. The number of carbonyl (C=O) groups excluding carboxylic acids is 2. The Morgan fingerprint density at radius 2 is 1.81 bits per heavy atom. The van der Waals surface area contributed by atoms with Gasteiger partial charge in [-0.15, -0.1) is 15.3 Å². The summed E-state index contributed by atoms with van der Waals surface area (Å²) in [6, 6.07) is 12.9. The lowest BCUT2D eigenvalue weighted by Crippen LogP contribution is -2.62. The molecule has 1 saturated carbocycles. The zero-order valence-electron chi connectivity index (χ0n) is 26.9. The van der Waals surface area contributed by atoms with Gasteiger partial charge in [0.1, 0.15) is 5.69 Å². The molecular formula is C32H38N10O5. The Kier molecular flexibility index (Phi) is 9.38. The largest absolute Gasteiger partial charge is 0.494 e. The number of carbonyl (C=O) groups is 2. The number of anilines is 3. The van der Waals surface area contributed by atoms with Gasteiger partial charge in [-0.3, -0.25) is 19.5 Å². The second-order valence-electron chi connectivity index (χ2n) is 11.5. The number of nitrogens with zero attached hydrogens (tertiary/aromatic N) is 7. The van der Waals surface area contributed by atoms with Crippen LogP contribution in [0, 0.1) is 12.8 Å². The Hall–Kier alpha value is -4.99. The molecule has 1 aliphatic carbocycles. The highest BCUT2D eigenvalue weighted by Crippen LogP contribution is 2.40. The number of rotatable bonds is 13. The van der Waals surface area contributed by atoms with Gasteiger partial charge in [0.05, 0.1) is 42.5 Å². The Morgan fingerprint density at radius 1 is 1.02 bits per heavy atom. The van der Waals surface area contributed by atoms with E-state index in [1.807, 2.05) is 54.2 Å². The van der Waals surface area contributed by atoms with Crippen LogP contribution < -0.4 is 20.7 Å². The van der Waals surface area contributed by atoms with Crippen molar-refractivity contribution in [2.24, 2.45) is 5.92 Å². The van der Waals surface area contributed by atoms with Crippen LogP contribution in [0.25, 0.3) is 11.3 Å². The number of benzene rings is 1. The minimum absolute atomic E-state index is 0.0182. The number of amides is 2. The summed E-state index contributed by atoms with van der Waals surface area (Å²) in [5.41, 5.74) is 4.15. The highest BCUT2D eigenvalue weighted by molar-refractivity contribution is 6.00. The molecule has 3 aromatic heterocycles. The van der Waals surface area contributed by atoms with Crippen LogP contribution in [0.2, 0.25) is 0 Å². The molecule has 1 aromatic carbocycles. The normalized spacial score (nSPS) is 17.7. The Balaban J connectivity index is 1.26. The quantitative estimate of drug-likeness (QED) is 0.183. The van der Waals surface area contributed by atoms with E-state index in [1.165, 1.54) is 7.05 Å². The Morgan fingerprint density at radius 3 is 2.51 bits per heavy atom. The van der Waals surface area contributed by atoms with E-state index in [0.29, 0.717) is 41.5 Å². The first-order valence-corrected chi connectivity index (χ1v) is 15.3. The molecule has 3 N–H and O–H groups in total. The van der Waals surface area contributed by atoms with Gasteiger partial charge in [-0.05, 0) is 44.0 Å². The zero-order valence-corrected chi connectivity index (χ0v) is 26.9. The van der Waals surface area contributed by atoms with E-state index in [0.717, 1.165) is 24.2 Å². The SMILES string of the molecule is CNC(=O)c1nnc(NC(=O)C2CC2)cc1Nc1cccc(-c2cn([C@@H]3CN(Cc4cccc(C)n4)[C@H]3C(OC)OC)nn2)c1OC. The average molecular weight is 643 g/mol. The van der Waals surface area contributed by atoms with E-state index in [-0.39, 0.29) is 35.4 Å². The van der Waals surface area contributed by atoms with Crippen molar-refractivity contribution < 1.29 is 23.8 Å². The molecule has 6 rings (SSSR count). The van der Waals surface area contributed by atoms with Gasteiger partial charge in [0.15, 0.2) is 23.6 Å². The molecule has 2 atom stereocenters. The Labute approximate surface area is 272 Å². The van der Waals surface area contributed by atoms with Crippen LogP contribution in [0.5, 0.6) is 5.75 Å². The fourth-order valence-corrected chi connectivity index (χ4v) is 5.78. The summed E-state index contributed by atoms with van der Waals surface area (Å²) in [6.07, 6.45) is 3.08. The molecule has 4 aromatic rings. The predicted octanol–water partition coefficient (Wildman–Crippen LogP) is 2.94. The van der Waals surface area contributed by atoms with Crippen LogP contribution in [0.15, 0.2) is 48.7 Å². The van der Waals surface area contributed by atoms with E-state index in [1.54, 1.807) is 27.4 Å². The molecule has 15 heteroatoms. The van der Waals surface area contributed by atoms with Gasteiger partial charge in [0.25, 0.3) is 5.91 Å². The average Bonchev–Trinajstić information content (AvgIpc) is 3.82. The summed E-state index contributed by atoms with van der Waals surface area (Å²) < 4.78 is 19.1. The minimum Gasteiger partial charge on any atom is -0.494 e. The lowest BCUT2D eigenvalue weighted by Gasteiger charge is -2.49. The number of nitrogens with one attached hydrogen (secondary N) is 3. The number of pyridine rings is 1. The number of ether oxygens (including phenoxy) is 3. The van der Waals surface area contributed by atoms with Crippen molar-refractivity contribution in [3.8, 4) is 17.0 Å². The maximum absolute atomic E-state index is 12.7. The van der Waals surface area contributed by atoms with Gasteiger partial charge in [-0.25, -0.2) is 4.68 Å². The van der Waals surface area contributed by atoms with Crippen LogP contribution in [0.1, 0.15) is 40.8 Å². The van der Waals surface area contributed by atoms with Gasteiger partial charge in [0, 0.05) is 57.6 Å². The third kappa shape index (κ3) is 6.77. The minimum atomic E-state index is -0.490. The van der Waals surface area contributed by atoms with E-state index in [4.69, 9.17) is 14.2 Å². The molecule has 0 bridgehead atoms. The van der Waals surface area contributed by atoms with Crippen LogP contribution >= 0.6 is 0 Å². The van der Waals surface area contributed by atoms with E-state index >= 15 is 0 Å². The maximum atomic E-state index is 12.7. The number of hydrogen-bond acceptors (Lipinski definition) is 12. The van der Waals surface area contributed by atoms with Crippen LogP contribution in [-0.4, -0.2) is 94.1 Å². The lowest BCUT2D eigenvalue weighted by atomic mass is 9.95. The number of para-hydroxylation sites is 1. The summed E-state index contributed by atoms with van der Waals surface area (Å²) in [5.74, 6) is 0.141. The van der Waals surface area contributed by atoms with Gasteiger partial charge in [-0.1, -0.05) is 17.3 Å². The number of hydrogen-bond donors (Lipinski definition) is 3.